The maximum atomic E-state index is 13.6. The molecule has 1 aliphatic rings. The van der Waals surface area contributed by atoms with Crippen molar-refractivity contribution in [2.45, 2.75) is 6.42 Å². The Morgan fingerprint density at radius 3 is 2.08 bits per heavy atom. The molecule has 36 heavy (non-hydrogen) atoms. The molecule has 8 heteroatoms. The Balaban J connectivity index is 0.00000304. The molecule has 0 spiro atoms. The Morgan fingerprint density at radius 1 is 0.833 bits per heavy atom. The molecule has 0 unspecified atom stereocenters. The Bertz CT molecular complexity index is 1350. The van der Waals surface area contributed by atoms with E-state index in [0.29, 0.717) is 35.5 Å². The lowest BCUT2D eigenvalue weighted by atomic mass is 10.1. The van der Waals surface area contributed by atoms with Gasteiger partial charge in [0.25, 0.3) is 5.91 Å². The van der Waals surface area contributed by atoms with Gasteiger partial charge >= 0.3 is 5.76 Å². The molecule has 2 heterocycles. The predicted molar refractivity (Wildman–Crippen MR) is 141 cm³/mol. The molecule has 186 valence electrons. The summed E-state index contributed by atoms with van der Waals surface area (Å²) >= 11 is 0. The van der Waals surface area contributed by atoms with Gasteiger partial charge in [-0.15, -0.1) is 12.4 Å². The fraction of sp³-hybridized carbons (Fsp3) is 0.214. The first-order chi connectivity index (χ1) is 17.1. The zero-order chi connectivity index (χ0) is 24.2. The highest BCUT2D eigenvalue weighted by Gasteiger charge is 2.25. The summed E-state index contributed by atoms with van der Waals surface area (Å²) < 4.78 is 20.3. The minimum absolute atomic E-state index is 0. The Morgan fingerprint density at radius 2 is 1.44 bits per heavy atom. The highest BCUT2D eigenvalue weighted by molar-refractivity contribution is 5.98. The van der Waals surface area contributed by atoms with Crippen molar-refractivity contribution in [2.24, 2.45) is 0 Å². The van der Waals surface area contributed by atoms with Gasteiger partial charge in [0, 0.05) is 56.0 Å². The fourth-order valence-electron chi connectivity index (χ4n) is 4.51. The van der Waals surface area contributed by atoms with Crippen molar-refractivity contribution in [3.05, 3.63) is 113 Å². The van der Waals surface area contributed by atoms with Crippen LogP contribution in [-0.4, -0.2) is 48.1 Å². The van der Waals surface area contributed by atoms with E-state index in [0.717, 1.165) is 30.7 Å². The third kappa shape index (κ3) is 5.42. The van der Waals surface area contributed by atoms with E-state index in [4.69, 9.17) is 4.42 Å². The van der Waals surface area contributed by atoms with Gasteiger partial charge in [0.1, 0.15) is 17.3 Å². The summed E-state index contributed by atoms with van der Waals surface area (Å²) in [5.41, 5.74) is 2.53. The topological polar surface area (TPSA) is 58.7 Å². The van der Waals surface area contributed by atoms with Crippen LogP contribution in [0.3, 0.4) is 0 Å². The predicted octanol–water partition coefficient (Wildman–Crippen LogP) is 4.72. The summed E-state index contributed by atoms with van der Waals surface area (Å²) in [6.45, 7) is 4.27. The van der Waals surface area contributed by atoms with Gasteiger partial charge in [-0.2, -0.15) is 0 Å². The second-order valence-electron chi connectivity index (χ2n) is 8.57. The average Bonchev–Trinajstić information content (AvgIpc) is 3.24. The van der Waals surface area contributed by atoms with Crippen LogP contribution in [0.1, 0.15) is 16.1 Å². The lowest BCUT2D eigenvalue weighted by Crippen LogP contribution is -2.47. The first-order valence-electron chi connectivity index (χ1n) is 11.7. The summed E-state index contributed by atoms with van der Waals surface area (Å²) in [6, 6.07) is 24.7. The normalized spacial score (nSPS) is 13.9. The first kappa shape index (κ1) is 25.4. The number of benzene rings is 3. The van der Waals surface area contributed by atoms with Crippen LogP contribution in [-0.2, 0) is 6.42 Å². The molecule has 5 rings (SSSR count). The van der Waals surface area contributed by atoms with Crippen molar-refractivity contribution in [1.82, 2.24) is 9.47 Å². The van der Waals surface area contributed by atoms with Gasteiger partial charge in [0.15, 0.2) is 0 Å². The molecular formula is C28H27ClFN3O3. The van der Waals surface area contributed by atoms with E-state index in [9.17, 15) is 14.0 Å². The molecule has 0 radical (unpaired) electrons. The van der Waals surface area contributed by atoms with Crippen LogP contribution in [0.15, 0.2) is 94.1 Å². The second-order valence-corrected chi connectivity index (χ2v) is 8.57. The number of hydrogen-bond acceptors (Lipinski definition) is 5. The van der Waals surface area contributed by atoms with Gasteiger partial charge in [-0.05, 0) is 48.5 Å². The summed E-state index contributed by atoms with van der Waals surface area (Å²) in [7, 11) is 0. The fourth-order valence-corrected chi connectivity index (χ4v) is 4.51. The van der Waals surface area contributed by atoms with Gasteiger partial charge in [0.2, 0.25) is 0 Å². The number of carbonyl (C=O) groups is 1. The van der Waals surface area contributed by atoms with Gasteiger partial charge in [-0.25, -0.2) is 13.8 Å². The van der Waals surface area contributed by atoms with Crippen LogP contribution in [0.5, 0.6) is 0 Å². The lowest BCUT2D eigenvalue weighted by molar-refractivity contribution is 0.0953. The summed E-state index contributed by atoms with van der Waals surface area (Å²) in [4.78, 5) is 30.8. The van der Waals surface area contributed by atoms with E-state index in [1.807, 2.05) is 18.2 Å². The van der Waals surface area contributed by atoms with E-state index in [-0.39, 0.29) is 12.4 Å². The standard InChI is InChI=1S/C28H26FN3O3.ClH/c29-23-13-11-21(12-14-23)26-25(35-28(34)32(26)27(33)22-7-3-1-4-8-22)15-16-30-17-19-31(20-18-30)24-9-5-2-6-10-24;/h1-14H,15-20H2;1H. The van der Waals surface area contributed by atoms with Gasteiger partial charge in [-0.1, -0.05) is 36.4 Å². The zero-order valence-corrected chi connectivity index (χ0v) is 20.5. The number of halogens is 2. The van der Waals surface area contributed by atoms with Crippen molar-refractivity contribution in [3.63, 3.8) is 0 Å². The number of rotatable bonds is 6. The van der Waals surface area contributed by atoms with Crippen molar-refractivity contribution in [3.8, 4) is 11.3 Å². The summed E-state index contributed by atoms with van der Waals surface area (Å²) in [5, 5.41) is 0. The van der Waals surface area contributed by atoms with Crippen LogP contribution < -0.4 is 10.7 Å². The number of aromatic nitrogens is 1. The highest BCUT2D eigenvalue weighted by atomic mass is 35.5. The van der Waals surface area contributed by atoms with Crippen LogP contribution in [0.4, 0.5) is 10.1 Å². The first-order valence-corrected chi connectivity index (χ1v) is 11.7. The Kier molecular flexibility index (Phi) is 8.03. The molecule has 3 aromatic carbocycles. The molecule has 0 aliphatic carbocycles. The van der Waals surface area contributed by atoms with Gasteiger partial charge in [0.05, 0.1) is 0 Å². The number of hydrogen-bond donors (Lipinski definition) is 0. The largest absolute Gasteiger partial charge is 0.426 e. The SMILES string of the molecule is Cl.O=C(c1ccccc1)n1c(-c2ccc(F)cc2)c(CCN2CCN(c3ccccc3)CC2)oc1=O. The van der Waals surface area contributed by atoms with Crippen LogP contribution in [0, 0.1) is 5.82 Å². The van der Waals surface area contributed by atoms with Gasteiger partial charge in [-0.3, -0.25) is 9.69 Å². The summed E-state index contributed by atoms with van der Waals surface area (Å²) in [6.07, 6.45) is 0.461. The number of oxazole rings is 1. The maximum Gasteiger partial charge on any atom is 0.426 e. The summed E-state index contributed by atoms with van der Waals surface area (Å²) in [5.74, 6) is -1.17. The molecule has 1 aliphatic heterocycles. The molecular weight excluding hydrogens is 481 g/mol. The lowest BCUT2D eigenvalue weighted by Gasteiger charge is -2.36. The third-order valence-electron chi connectivity index (χ3n) is 6.37. The van der Waals surface area contributed by atoms with E-state index < -0.39 is 17.5 Å². The molecule has 0 atom stereocenters. The maximum absolute atomic E-state index is 13.6. The third-order valence-corrected chi connectivity index (χ3v) is 6.37. The van der Waals surface area contributed by atoms with Crippen molar-refractivity contribution in [1.29, 1.82) is 0 Å². The van der Waals surface area contributed by atoms with Crippen molar-refractivity contribution >= 4 is 24.0 Å². The second kappa shape index (κ2) is 11.4. The molecule has 1 aromatic heterocycles. The van der Waals surface area contributed by atoms with E-state index in [2.05, 4.69) is 21.9 Å². The quantitative estimate of drug-likeness (QED) is 0.378. The number of anilines is 1. The molecule has 6 nitrogen and oxygen atoms in total. The average molecular weight is 508 g/mol. The molecule has 0 N–H and O–H groups in total. The number of nitrogens with zero attached hydrogens (tertiary/aromatic N) is 3. The Labute approximate surface area is 215 Å². The molecule has 1 fully saturated rings. The number of para-hydroxylation sites is 1. The van der Waals surface area contributed by atoms with E-state index in [1.54, 1.807) is 42.5 Å². The number of piperazine rings is 1. The van der Waals surface area contributed by atoms with Crippen LogP contribution in [0.2, 0.25) is 0 Å². The monoisotopic (exact) mass is 507 g/mol. The molecule has 1 saturated heterocycles. The molecule has 0 bridgehead atoms. The zero-order valence-electron chi connectivity index (χ0n) is 19.7. The van der Waals surface area contributed by atoms with E-state index in [1.165, 1.54) is 17.8 Å². The Hall–Kier alpha value is -3.68. The minimum Gasteiger partial charge on any atom is -0.412 e. The van der Waals surface area contributed by atoms with Crippen molar-refractivity contribution in [2.75, 3.05) is 37.6 Å². The van der Waals surface area contributed by atoms with Crippen molar-refractivity contribution < 1.29 is 13.6 Å². The molecule has 0 saturated carbocycles. The molecule has 0 amide bonds. The molecule has 4 aromatic rings. The van der Waals surface area contributed by atoms with Crippen LogP contribution in [0.25, 0.3) is 11.3 Å². The smallest absolute Gasteiger partial charge is 0.412 e. The van der Waals surface area contributed by atoms with Crippen LogP contribution >= 0.6 is 12.4 Å². The van der Waals surface area contributed by atoms with Gasteiger partial charge < -0.3 is 9.32 Å². The minimum atomic E-state index is -0.734. The van der Waals surface area contributed by atoms with E-state index >= 15 is 0 Å². The number of carbonyl (C=O) groups excluding carboxylic acids is 1. The highest BCUT2D eigenvalue weighted by Crippen LogP contribution is 2.26.